The fourth-order valence-electron chi connectivity index (χ4n) is 1.79. The second-order valence-electron chi connectivity index (χ2n) is 5.57. The Bertz CT molecular complexity index is 520. The number of rotatable bonds is 10. The molecule has 0 aromatic carbocycles. The molecule has 0 aromatic rings. The van der Waals surface area contributed by atoms with E-state index in [4.69, 9.17) is 0 Å². The minimum absolute atomic E-state index is 0.0423. The summed E-state index contributed by atoms with van der Waals surface area (Å²) in [5, 5.41) is 2.50. The number of methoxy groups -OCH3 is 1. The first kappa shape index (κ1) is 22.6. The van der Waals surface area contributed by atoms with Crippen molar-refractivity contribution in [2.45, 2.75) is 51.1 Å². The van der Waals surface area contributed by atoms with E-state index in [1.54, 1.807) is 0 Å². The molecule has 0 fully saturated rings. The second kappa shape index (κ2) is 9.82. The topological polar surface area (TPSA) is 102 Å². The summed E-state index contributed by atoms with van der Waals surface area (Å²) in [4.78, 5) is 23.3. The number of ether oxygens (including phenoxy) is 1. The molecule has 2 N–H and O–H groups in total. The van der Waals surface area contributed by atoms with Crippen molar-refractivity contribution in [3.8, 4) is 0 Å². The van der Waals surface area contributed by atoms with E-state index in [1.165, 1.54) is 11.8 Å². The van der Waals surface area contributed by atoms with E-state index in [2.05, 4.69) is 10.1 Å². The molecular formula is C13H23F3N2O5S. The average molecular weight is 376 g/mol. The summed E-state index contributed by atoms with van der Waals surface area (Å²) in [6.07, 6.45) is 0.570. The number of carbonyl (C=O) groups is 2. The third-order valence-corrected chi connectivity index (χ3v) is 4.15. The first-order chi connectivity index (χ1) is 10.9. The average Bonchev–Trinajstić information content (AvgIpc) is 2.43. The first-order valence-electron chi connectivity index (χ1n) is 7.33. The van der Waals surface area contributed by atoms with Crippen LogP contribution in [0.5, 0.6) is 0 Å². The lowest BCUT2D eigenvalue weighted by molar-refractivity contribution is -0.145. The monoisotopic (exact) mass is 376 g/mol. The maximum absolute atomic E-state index is 12.1. The lowest BCUT2D eigenvalue weighted by atomic mass is 10.0. The van der Waals surface area contributed by atoms with Gasteiger partial charge in [0.2, 0.25) is 5.91 Å². The van der Waals surface area contributed by atoms with Crippen LogP contribution >= 0.6 is 0 Å². The Labute approximate surface area is 139 Å². The summed E-state index contributed by atoms with van der Waals surface area (Å²) in [6, 6.07) is -0.786. The molecule has 1 amide bonds. The van der Waals surface area contributed by atoms with Gasteiger partial charge in [0.25, 0.3) is 0 Å². The Morgan fingerprint density at radius 3 is 2.21 bits per heavy atom. The van der Waals surface area contributed by atoms with Crippen molar-refractivity contribution in [2.75, 3.05) is 13.7 Å². The molecule has 0 rings (SSSR count). The van der Waals surface area contributed by atoms with Gasteiger partial charge in [-0.1, -0.05) is 13.8 Å². The number of alkyl halides is 3. The number of halogens is 3. The highest BCUT2D eigenvalue weighted by molar-refractivity contribution is 7.90. The van der Waals surface area contributed by atoms with E-state index in [1.807, 2.05) is 13.8 Å². The third kappa shape index (κ3) is 8.48. The highest BCUT2D eigenvalue weighted by Crippen LogP contribution is 2.21. The molecule has 142 valence electrons. The van der Waals surface area contributed by atoms with Crippen molar-refractivity contribution in [3.63, 3.8) is 0 Å². The second-order valence-corrected chi connectivity index (χ2v) is 7.33. The van der Waals surface area contributed by atoms with Gasteiger partial charge in [-0.2, -0.15) is 13.2 Å². The molecule has 0 aromatic heterocycles. The van der Waals surface area contributed by atoms with Gasteiger partial charge in [0, 0.05) is 13.0 Å². The predicted octanol–water partition coefficient (Wildman–Crippen LogP) is 1.30. The molecule has 0 radical (unpaired) electrons. The van der Waals surface area contributed by atoms with Gasteiger partial charge in [0.15, 0.2) is 0 Å². The van der Waals surface area contributed by atoms with Crippen LogP contribution in [0.4, 0.5) is 13.2 Å². The molecule has 0 spiro atoms. The van der Waals surface area contributed by atoms with Crippen molar-refractivity contribution in [2.24, 2.45) is 5.92 Å². The summed E-state index contributed by atoms with van der Waals surface area (Å²) < 4.78 is 63.7. The zero-order valence-corrected chi connectivity index (χ0v) is 14.6. The van der Waals surface area contributed by atoms with Crippen LogP contribution in [0.25, 0.3) is 0 Å². The van der Waals surface area contributed by atoms with Gasteiger partial charge in [-0.25, -0.2) is 17.9 Å². The number of nitrogens with one attached hydrogen (secondary N) is 2. The Morgan fingerprint density at radius 1 is 1.17 bits per heavy atom. The summed E-state index contributed by atoms with van der Waals surface area (Å²) in [6.45, 7) is 3.31. The van der Waals surface area contributed by atoms with Gasteiger partial charge in [-0.15, -0.1) is 0 Å². The van der Waals surface area contributed by atoms with E-state index in [0.29, 0.717) is 6.42 Å². The third-order valence-electron chi connectivity index (χ3n) is 2.96. The minimum atomic E-state index is -5.36. The van der Waals surface area contributed by atoms with Crippen LogP contribution in [0, 0.1) is 5.92 Å². The fraction of sp³-hybridized carbons (Fsp3) is 0.846. The van der Waals surface area contributed by atoms with Gasteiger partial charge in [-0.05, 0) is 25.2 Å². The van der Waals surface area contributed by atoms with Crippen molar-refractivity contribution in [3.05, 3.63) is 0 Å². The minimum Gasteiger partial charge on any atom is -0.467 e. The van der Waals surface area contributed by atoms with Crippen LogP contribution in [-0.4, -0.2) is 45.5 Å². The Balaban J connectivity index is 4.19. The van der Waals surface area contributed by atoms with E-state index in [0.717, 1.165) is 0 Å². The highest BCUT2D eigenvalue weighted by Gasteiger charge is 2.45. The summed E-state index contributed by atoms with van der Waals surface area (Å²) in [5.41, 5.74) is -5.35. The SMILES string of the molecule is COC(=O)[C@H](CC(C)C)NC(=O)CCCCNS(=O)(=O)C(F)(F)F. The van der Waals surface area contributed by atoms with E-state index in [-0.39, 0.29) is 25.2 Å². The maximum Gasteiger partial charge on any atom is 0.511 e. The van der Waals surface area contributed by atoms with Gasteiger partial charge < -0.3 is 10.1 Å². The zero-order chi connectivity index (χ0) is 19.0. The highest BCUT2D eigenvalue weighted by atomic mass is 32.2. The zero-order valence-electron chi connectivity index (χ0n) is 13.8. The molecule has 24 heavy (non-hydrogen) atoms. The van der Waals surface area contributed by atoms with E-state index >= 15 is 0 Å². The maximum atomic E-state index is 12.1. The Kier molecular flexibility index (Phi) is 9.26. The van der Waals surface area contributed by atoms with Crippen LogP contribution in [0.3, 0.4) is 0 Å². The van der Waals surface area contributed by atoms with Crippen molar-refractivity contribution in [1.82, 2.24) is 10.0 Å². The van der Waals surface area contributed by atoms with Crippen LogP contribution in [0.1, 0.15) is 39.5 Å². The van der Waals surface area contributed by atoms with Crippen LogP contribution < -0.4 is 10.0 Å². The number of unbranched alkanes of at least 4 members (excludes halogenated alkanes) is 1. The number of esters is 1. The fourth-order valence-corrected chi connectivity index (χ4v) is 2.37. The molecule has 0 aliphatic heterocycles. The van der Waals surface area contributed by atoms with Crippen LogP contribution in [0.15, 0.2) is 0 Å². The quantitative estimate of drug-likeness (QED) is 0.442. The number of amides is 1. The molecule has 0 aliphatic carbocycles. The summed E-state index contributed by atoms with van der Waals surface area (Å²) in [7, 11) is -4.15. The lowest BCUT2D eigenvalue weighted by Gasteiger charge is -2.18. The van der Waals surface area contributed by atoms with Crippen LogP contribution in [0.2, 0.25) is 0 Å². The first-order valence-corrected chi connectivity index (χ1v) is 8.82. The summed E-state index contributed by atoms with van der Waals surface area (Å²) in [5.74, 6) is -0.883. The number of carbonyl (C=O) groups excluding carboxylic acids is 2. The Hall–Kier alpha value is -1.36. The number of sulfonamides is 1. The van der Waals surface area contributed by atoms with Gasteiger partial charge in [-0.3, -0.25) is 4.79 Å². The molecule has 11 heteroatoms. The van der Waals surface area contributed by atoms with Crippen molar-refractivity contribution >= 4 is 21.9 Å². The molecule has 0 unspecified atom stereocenters. The van der Waals surface area contributed by atoms with Gasteiger partial charge in [0.05, 0.1) is 7.11 Å². The molecule has 7 nitrogen and oxygen atoms in total. The van der Waals surface area contributed by atoms with E-state index in [9.17, 15) is 31.2 Å². The molecular weight excluding hydrogens is 353 g/mol. The molecule has 1 atom stereocenters. The number of hydrogen-bond acceptors (Lipinski definition) is 5. The lowest BCUT2D eigenvalue weighted by Crippen LogP contribution is -2.42. The van der Waals surface area contributed by atoms with Gasteiger partial charge in [0.1, 0.15) is 6.04 Å². The molecule has 0 aliphatic rings. The predicted molar refractivity (Wildman–Crippen MR) is 80.2 cm³/mol. The standard InChI is InChI=1S/C13H23F3N2O5S/c1-9(2)8-10(12(20)23-3)18-11(19)6-4-5-7-17-24(21,22)13(14,15)16/h9-10,17H,4-8H2,1-3H3,(H,18,19)/t10-/m0/s1. The molecule has 0 saturated carbocycles. The molecule has 0 heterocycles. The molecule has 0 bridgehead atoms. The number of hydrogen-bond donors (Lipinski definition) is 2. The van der Waals surface area contributed by atoms with Gasteiger partial charge >= 0.3 is 21.5 Å². The largest absolute Gasteiger partial charge is 0.511 e. The van der Waals surface area contributed by atoms with E-state index < -0.39 is 40.0 Å². The van der Waals surface area contributed by atoms with Crippen molar-refractivity contribution in [1.29, 1.82) is 0 Å². The van der Waals surface area contributed by atoms with Crippen LogP contribution in [-0.2, 0) is 24.3 Å². The summed E-state index contributed by atoms with van der Waals surface area (Å²) >= 11 is 0. The normalized spacial score (nSPS) is 13.6. The Morgan fingerprint density at radius 2 is 1.75 bits per heavy atom. The molecule has 0 saturated heterocycles. The smallest absolute Gasteiger partial charge is 0.467 e. The van der Waals surface area contributed by atoms with Crippen molar-refractivity contribution < 1.29 is 35.9 Å².